The Morgan fingerprint density at radius 2 is 2.10 bits per heavy atom. The van der Waals surface area contributed by atoms with Crippen molar-refractivity contribution in [2.45, 2.75) is 6.42 Å². The Kier molecular flexibility index (Phi) is 6.42. The van der Waals surface area contributed by atoms with E-state index in [1.165, 1.54) is 13.3 Å². The van der Waals surface area contributed by atoms with E-state index in [-0.39, 0.29) is 12.4 Å². The Morgan fingerprint density at radius 1 is 1.28 bits per heavy atom. The van der Waals surface area contributed by atoms with Crippen LogP contribution in [0.5, 0.6) is 17.2 Å². The molecule has 0 aliphatic rings. The number of benzene rings is 2. The topological polar surface area (TPSA) is 93.0 Å². The van der Waals surface area contributed by atoms with Crippen LogP contribution in [0.2, 0.25) is 0 Å². The van der Waals surface area contributed by atoms with Crippen molar-refractivity contribution in [1.82, 2.24) is 10.4 Å². The van der Waals surface area contributed by atoms with Gasteiger partial charge >= 0.3 is 0 Å². The minimum absolute atomic E-state index is 0.0608. The van der Waals surface area contributed by atoms with E-state index in [4.69, 9.17) is 9.47 Å². The van der Waals surface area contributed by atoms with Gasteiger partial charge in [0.2, 0.25) is 0 Å². The summed E-state index contributed by atoms with van der Waals surface area (Å²) in [6.45, 7) is 3.47. The van der Waals surface area contributed by atoms with Gasteiger partial charge in [0.15, 0.2) is 18.1 Å². The first kappa shape index (κ1) is 19.9. The van der Waals surface area contributed by atoms with E-state index >= 15 is 0 Å². The Bertz CT molecular complexity index is 1060. The molecule has 0 aliphatic heterocycles. The van der Waals surface area contributed by atoms with E-state index in [0.717, 1.165) is 5.39 Å². The predicted octanol–water partition coefficient (Wildman–Crippen LogP) is 3.21. The third-order valence-corrected chi connectivity index (χ3v) is 4.12. The normalized spacial score (nSPS) is 10.8. The van der Waals surface area contributed by atoms with Crippen LogP contribution in [-0.2, 0) is 11.2 Å². The number of rotatable bonds is 8. The van der Waals surface area contributed by atoms with Crippen LogP contribution in [0.4, 0.5) is 0 Å². The quantitative estimate of drug-likeness (QED) is 0.349. The molecule has 1 heterocycles. The fourth-order valence-corrected chi connectivity index (χ4v) is 2.78. The highest BCUT2D eigenvalue weighted by Crippen LogP contribution is 2.31. The van der Waals surface area contributed by atoms with Crippen LogP contribution < -0.4 is 14.9 Å². The lowest BCUT2D eigenvalue weighted by Crippen LogP contribution is -2.24. The summed E-state index contributed by atoms with van der Waals surface area (Å²) in [4.78, 5) is 16.3. The summed E-state index contributed by atoms with van der Waals surface area (Å²) in [5, 5.41) is 15.0. The largest absolute Gasteiger partial charge is 0.504 e. The maximum Gasteiger partial charge on any atom is 0.277 e. The van der Waals surface area contributed by atoms with E-state index in [1.54, 1.807) is 30.5 Å². The number of carbonyl (C=O) groups excluding carboxylic acids is 1. The molecule has 0 atom stereocenters. The Balaban J connectivity index is 1.62. The van der Waals surface area contributed by atoms with Crippen LogP contribution in [0, 0.1) is 0 Å². The first-order valence-corrected chi connectivity index (χ1v) is 8.91. The highest BCUT2D eigenvalue weighted by molar-refractivity contribution is 5.86. The van der Waals surface area contributed by atoms with E-state index in [1.807, 2.05) is 24.3 Å². The van der Waals surface area contributed by atoms with Gasteiger partial charge in [0.1, 0.15) is 11.3 Å². The number of phenols is 1. The van der Waals surface area contributed by atoms with Gasteiger partial charge in [0.05, 0.1) is 13.3 Å². The molecule has 29 heavy (non-hydrogen) atoms. The number of methoxy groups -OCH3 is 1. The molecule has 0 spiro atoms. The first-order chi connectivity index (χ1) is 14.1. The van der Waals surface area contributed by atoms with Gasteiger partial charge in [-0.2, -0.15) is 5.10 Å². The van der Waals surface area contributed by atoms with Crippen molar-refractivity contribution in [1.29, 1.82) is 0 Å². The summed E-state index contributed by atoms with van der Waals surface area (Å²) in [6.07, 6.45) is 5.29. The van der Waals surface area contributed by atoms with Gasteiger partial charge in [-0.05, 0) is 36.2 Å². The van der Waals surface area contributed by atoms with Crippen LogP contribution in [0.1, 0.15) is 11.1 Å². The van der Waals surface area contributed by atoms with Crippen molar-refractivity contribution >= 4 is 23.0 Å². The molecule has 7 heteroatoms. The summed E-state index contributed by atoms with van der Waals surface area (Å²) in [5.41, 5.74) is 4.42. The second kappa shape index (κ2) is 9.36. The molecule has 0 unspecified atom stereocenters. The zero-order valence-corrected chi connectivity index (χ0v) is 16.0. The van der Waals surface area contributed by atoms with E-state index in [0.29, 0.717) is 34.6 Å². The second-order valence-corrected chi connectivity index (χ2v) is 6.14. The van der Waals surface area contributed by atoms with E-state index in [9.17, 15) is 9.90 Å². The van der Waals surface area contributed by atoms with E-state index < -0.39 is 5.91 Å². The van der Waals surface area contributed by atoms with Crippen LogP contribution in [0.3, 0.4) is 0 Å². The molecular weight excluding hydrogens is 370 g/mol. The number of aromatic nitrogens is 1. The van der Waals surface area contributed by atoms with Crippen LogP contribution in [0.15, 0.2) is 66.4 Å². The third-order valence-electron chi connectivity index (χ3n) is 4.12. The molecule has 0 bridgehead atoms. The molecule has 0 fully saturated rings. The van der Waals surface area contributed by atoms with Crippen molar-refractivity contribution in [3.05, 3.63) is 72.4 Å². The molecule has 7 nitrogen and oxygen atoms in total. The van der Waals surface area contributed by atoms with Crippen molar-refractivity contribution in [2.75, 3.05) is 13.7 Å². The molecule has 0 radical (unpaired) electrons. The molecule has 3 aromatic rings. The summed E-state index contributed by atoms with van der Waals surface area (Å²) in [7, 11) is 1.47. The molecule has 0 aliphatic carbocycles. The van der Waals surface area contributed by atoms with E-state index in [2.05, 4.69) is 22.1 Å². The second-order valence-electron chi connectivity index (χ2n) is 6.14. The molecule has 2 aromatic carbocycles. The maximum atomic E-state index is 12.0. The maximum absolute atomic E-state index is 12.0. The molecule has 1 amide bonds. The fraction of sp³-hybridized carbons (Fsp3) is 0.136. The molecule has 0 saturated carbocycles. The van der Waals surface area contributed by atoms with Gasteiger partial charge in [0.25, 0.3) is 5.91 Å². The average molecular weight is 391 g/mol. The van der Waals surface area contributed by atoms with Gasteiger partial charge in [-0.1, -0.05) is 24.3 Å². The molecule has 1 aromatic heterocycles. The smallest absolute Gasteiger partial charge is 0.277 e. The number of pyridine rings is 1. The zero-order chi connectivity index (χ0) is 20.6. The standard InChI is InChI=1S/C22H21N3O4/c1-3-6-17-11-15(12-19(28-2)22(17)27)13-24-25-20(26)14-29-18-9-4-7-16-8-5-10-23-21(16)18/h3-5,7-13,27H,1,6,14H2,2H3,(H,25,26)/b24-13-. The number of ether oxygens (including phenoxy) is 2. The number of para-hydroxylation sites is 1. The SMILES string of the molecule is C=CCc1cc(/C=N\NC(=O)COc2cccc3cccnc23)cc(OC)c1O. The summed E-state index contributed by atoms with van der Waals surface area (Å²) in [6, 6.07) is 12.7. The average Bonchev–Trinajstić information content (AvgIpc) is 2.74. The summed E-state index contributed by atoms with van der Waals surface area (Å²) < 4.78 is 10.7. The third kappa shape index (κ3) is 4.90. The van der Waals surface area contributed by atoms with Gasteiger partial charge in [-0.15, -0.1) is 6.58 Å². The number of hydrazone groups is 1. The predicted molar refractivity (Wildman–Crippen MR) is 112 cm³/mol. The summed E-state index contributed by atoms with van der Waals surface area (Å²) in [5.74, 6) is 0.500. The van der Waals surface area contributed by atoms with Crippen molar-refractivity contribution < 1.29 is 19.4 Å². The number of hydrogen-bond donors (Lipinski definition) is 2. The van der Waals surface area contributed by atoms with Crippen molar-refractivity contribution in [2.24, 2.45) is 5.10 Å². The monoisotopic (exact) mass is 391 g/mol. The van der Waals surface area contributed by atoms with Gasteiger partial charge in [-0.25, -0.2) is 5.43 Å². The zero-order valence-electron chi connectivity index (χ0n) is 16.0. The minimum Gasteiger partial charge on any atom is -0.504 e. The number of amides is 1. The highest BCUT2D eigenvalue weighted by atomic mass is 16.5. The Morgan fingerprint density at radius 3 is 2.90 bits per heavy atom. The number of fused-ring (bicyclic) bond motifs is 1. The molecule has 2 N–H and O–H groups in total. The Hall–Kier alpha value is -3.87. The molecular formula is C22H21N3O4. The fourth-order valence-electron chi connectivity index (χ4n) is 2.78. The van der Waals surface area contributed by atoms with Crippen molar-refractivity contribution in [3.8, 4) is 17.2 Å². The van der Waals surface area contributed by atoms with Gasteiger partial charge < -0.3 is 14.6 Å². The lowest BCUT2D eigenvalue weighted by molar-refractivity contribution is -0.123. The van der Waals surface area contributed by atoms with Crippen LogP contribution >= 0.6 is 0 Å². The number of nitrogens with zero attached hydrogens (tertiary/aromatic N) is 2. The lowest BCUT2D eigenvalue weighted by Gasteiger charge is -2.09. The summed E-state index contributed by atoms with van der Waals surface area (Å²) >= 11 is 0. The first-order valence-electron chi connectivity index (χ1n) is 8.91. The van der Waals surface area contributed by atoms with Crippen molar-refractivity contribution in [3.63, 3.8) is 0 Å². The number of phenolic OH excluding ortho intramolecular Hbond substituents is 1. The van der Waals surface area contributed by atoms with Gasteiger partial charge in [-0.3, -0.25) is 9.78 Å². The number of allylic oxidation sites excluding steroid dienone is 1. The highest BCUT2D eigenvalue weighted by Gasteiger charge is 2.09. The molecule has 3 rings (SSSR count). The molecule has 0 saturated heterocycles. The Labute approximate surface area is 168 Å². The number of nitrogens with one attached hydrogen (secondary N) is 1. The van der Waals surface area contributed by atoms with Gasteiger partial charge in [0, 0.05) is 17.1 Å². The molecule has 148 valence electrons. The van der Waals surface area contributed by atoms with Crippen LogP contribution in [-0.4, -0.2) is 35.9 Å². The van der Waals surface area contributed by atoms with Crippen LogP contribution in [0.25, 0.3) is 10.9 Å². The number of carbonyl (C=O) groups is 1. The lowest BCUT2D eigenvalue weighted by atomic mass is 10.1. The minimum atomic E-state index is -0.411. The number of aromatic hydroxyl groups is 1. The number of hydrogen-bond acceptors (Lipinski definition) is 6.